The van der Waals surface area contributed by atoms with E-state index in [9.17, 15) is 18.0 Å². The van der Waals surface area contributed by atoms with Gasteiger partial charge in [-0.05, 0) is 43.9 Å². The molecule has 0 spiro atoms. The van der Waals surface area contributed by atoms with Crippen LogP contribution >= 0.6 is 0 Å². The number of amides is 2. The Balaban J connectivity index is 1.84. The molecule has 2 aromatic rings. The number of hydrogen-bond acceptors (Lipinski definition) is 4. The van der Waals surface area contributed by atoms with Crippen LogP contribution in [0.4, 0.5) is 5.69 Å². The molecule has 8 nitrogen and oxygen atoms in total. The Kier molecular flexibility index (Phi) is 9.28. The Bertz CT molecular complexity index is 1070. The molecule has 1 atom stereocenters. The molecule has 0 aromatic heterocycles. The molecule has 1 aliphatic carbocycles. The Morgan fingerprint density at radius 3 is 2.11 bits per heavy atom. The fraction of sp³-hybridized carbons (Fsp3) is 0.462. The van der Waals surface area contributed by atoms with E-state index in [-0.39, 0.29) is 11.9 Å². The molecular weight excluding hydrogens is 464 g/mol. The second-order valence-electron chi connectivity index (χ2n) is 9.12. The van der Waals surface area contributed by atoms with Crippen molar-refractivity contribution in [2.75, 3.05) is 31.5 Å². The van der Waals surface area contributed by atoms with Crippen molar-refractivity contribution in [1.29, 1.82) is 0 Å². The highest BCUT2D eigenvalue weighted by Crippen LogP contribution is 2.21. The van der Waals surface area contributed by atoms with E-state index >= 15 is 0 Å². The molecule has 1 unspecified atom stereocenters. The zero-order valence-corrected chi connectivity index (χ0v) is 21.6. The first-order valence-electron chi connectivity index (χ1n) is 12.1. The minimum Gasteiger partial charge on any atom is -0.352 e. The summed E-state index contributed by atoms with van der Waals surface area (Å²) in [7, 11) is -1.07. The standard InChI is InChI=1S/C26H36N4O4S/c1-21(26(32)27-23-14-10-11-15-23)29(19-18-22-12-6-4-7-13-22)25(31)20-30(35(33,34)28(2)3)24-16-8-5-9-17-24/h4-9,12-13,16-17,21,23H,10-11,14-15,18-20H2,1-3H3,(H,27,32). The van der Waals surface area contributed by atoms with Gasteiger partial charge in [-0.1, -0.05) is 61.4 Å². The maximum atomic E-state index is 13.6. The summed E-state index contributed by atoms with van der Waals surface area (Å²) in [5.74, 6) is -0.635. The average Bonchev–Trinajstić information content (AvgIpc) is 3.36. The third kappa shape index (κ3) is 7.05. The smallest absolute Gasteiger partial charge is 0.304 e. The fourth-order valence-corrected chi connectivity index (χ4v) is 5.33. The summed E-state index contributed by atoms with van der Waals surface area (Å²) in [6.45, 7) is 1.60. The highest BCUT2D eigenvalue weighted by molar-refractivity contribution is 7.90. The van der Waals surface area contributed by atoms with Gasteiger partial charge in [0, 0.05) is 26.7 Å². The van der Waals surface area contributed by atoms with Crippen LogP contribution in [0.3, 0.4) is 0 Å². The fourth-order valence-electron chi connectivity index (χ4n) is 4.27. The molecule has 190 valence electrons. The van der Waals surface area contributed by atoms with E-state index in [4.69, 9.17) is 0 Å². The second-order valence-corrected chi connectivity index (χ2v) is 11.2. The lowest BCUT2D eigenvalue weighted by atomic mass is 10.1. The van der Waals surface area contributed by atoms with Gasteiger partial charge in [0.2, 0.25) is 11.8 Å². The summed E-state index contributed by atoms with van der Waals surface area (Å²) >= 11 is 0. The molecular formula is C26H36N4O4S. The number of carbonyl (C=O) groups excluding carboxylic acids is 2. The third-order valence-electron chi connectivity index (χ3n) is 6.42. The van der Waals surface area contributed by atoms with Crippen molar-refractivity contribution in [2.24, 2.45) is 0 Å². The molecule has 1 saturated carbocycles. The van der Waals surface area contributed by atoms with E-state index in [0.29, 0.717) is 18.7 Å². The van der Waals surface area contributed by atoms with Gasteiger partial charge >= 0.3 is 10.2 Å². The summed E-state index contributed by atoms with van der Waals surface area (Å²) in [4.78, 5) is 28.2. The van der Waals surface area contributed by atoms with Crippen LogP contribution in [-0.2, 0) is 26.2 Å². The Labute approximate surface area is 209 Å². The SMILES string of the molecule is CC(C(=O)NC1CCCC1)N(CCc1ccccc1)C(=O)CN(c1ccccc1)S(=O)(=O)N(C)C. The van der Waals surface area contributed by atoms with Gasteiger partial charge in [0.05, 0.1) is 5.69 Å². The van der Waals surface area contributed by atoms with Crippen molar-refractivity contribution < 1.29 is 18.0 Å². The molecule has 1 fully saturated rings. The van der Waals surface area contributed by atoms with Gasteiger partial charge in [0.1, 0.15) is 12.6 Å². The Morgan fingerprint density at radius 2 is 1.54 bits per heavy atom. The molecule has 0 radical (unpaired) electrons. The van der Waals surface area contributed by atoms with E-state index in [1.165, 1.54) is 19.0 Å². The van der Waals surface area contributed by atoms with Gasteiger partial charge in [0.25, 0.3) is 0 Å². The van der Waals surface area contributed by atoms with Crippen molar-refractivity contribution in [3.63, 3.8) is 0 Å². The molecule has 0 aliphatic heterocycles. The van der Waals surface area contributed by atoms with Gasteiger partial charge in [-0.2, -0.15) is 12.7 Å². The van der Waals surface area contributed by atoms with Crippen molar-refractivity contribution in [3.8, 4) is 0 Å². The number of anilines is 1. The first kappa shape index (κ1) is 26.7. The van der Waals surface area contributed by atoms with Gasteiger partial charge in [-0.3, -0.25) is 9.59 Å². The predicted octanol–water partition coefficient (Wildman–Crippen LogP) is 2.82. The maximum absolute atomic E-state index is 13.6. The van der Waals surface area contributed by atoms with Gasteiger partial charge in [0.15, 0.2) is 0 Å². The Morgan fingerprint density at radius 1 is 0.971 bits per heavy atom. The molecule has 0 bridgehead atoms. The first-order chi connectivity index (χ1) is 16.7. The van der Waals surface area contributed by atoms with E-state index < -0.39 is 28.7 Å². The topological polar surface area (TPSA) is 90.0 Å². The number of para-hydroxylation sites is 1. The molecule has 2 aromatic carbocycles. The van der Waals surface area contributed by atoms with Crippen LogP contribution in [-0.4, -0.2) is 68.7 Å². The van der Waals surface area contributed by atoms with Gasteiger partial charge in [-0.25, -0.2) is 4.31 Å². The molecule has 0 saturated heterocycles. The highest BCUT2D eigenvalue weighted by atomic mass is 32.2. The minimum atomic E-state index is -3.93. The van der Waals surface area contributed by atoms with Crippen LogP contribution < -0.4 is 9.62 Å². The number of benzene rings is 2. The molecule has 1 aliphatic rings. The van der Waals surface area contributed by atoms with Crippen LogP contribution in [0.5, 0.6) is 0 Å². The number of rotatable bonds is 11. The van der Waals surface area contributed by atoms with Gasteiger partial charge < -0.3 is 10.2 Å². The van der Waals surface area contributed by atoms with Crippen molar-refractivity contribution in [1.82, 2.24) is 14.5 Å². The van der Waals surface area contributed by atoms with Crippen LogP contribution in [0.15, 0.2) is 60.7 Å². The third-order valence-corrected chi connectivity index (χ3v) is 8.24. The number of nitrogens with zero attached hydrogens (tertiary/aromatic N) is 3. The summed E-state index contributed by atoms with van der Waals surface area (Å²) in [5.41, 5.74) is 1.43. The summed E-state index contributed by atoms with van der Waals surface area (Å²) < 4.78 is 28.4. The van der Waals surface area contributed by atoms with Crippen molar-refractivity contribution >= 4 is 27.7 Å². The monoisotopic (exact) mass is 500 g/mol. The number of hydrogen-bond donors (Lipinski definition) is 1. The van der Waals surface area contributed by atoms with E-state index in [0.717, 1.165) is 39.9 Å². The summed E-state index contributed by atoms with van der Waals surface area (Å²) in [6, 6.07) is 17.7. The van der Waals surface area contributed by atoms with E-state index in [1.54, 1.807) is 37.3 Å². The molecule has 9 heteroatoms. The number of nitrogens with one attached hydrogen (secondary N) is 1. The van der Waals surface area contributed by atoms with Crippen LogP contribution in [0.1, 0.15) is 38.2 Å². The highest BCUT2D eigenvalue weighted by Gasteiger charge is 2.33. The maximum Gasteiger partial charge on any atom is 0.304 e. The molecule has 3 rings (SSSR count). The number of carbonyl (C=O) groups is 2. The normalized spacial score (nSPS) is 15.1. The second kappa shape index (κ2) is 12.2. The van der Waals surface area contributed by atoms with E-state index in [1.807, 2.05) is 30.3 Å². The zero-order valence-electron chi connectivity index (χ0n) is 20.8. The summed E-state index contributed by atoms with van der Waals surface area (Å²) in [6.07, 6.45) is 4.62. The quantitative estimate of drug-likeness (QED) is 0.514. The predicted molar refractivity (Wildman–Crippen MR) is 138 cm³/mol. The molecule has 2 amide bonds. The van der Waals surface area contributed by atoms with Crippen LogP contribution in [0.2, 0.25) is 0 Å². The van der Waals surface area contributed by atoms with Gasteiger partial charge in [-0.15, -0.1) is 0 Å². The largest absolute Gasteiger partial charge is 0.352 e. The summed E-state index contributed by atoms with van der Waals surface area (Å²) in [5, 5.41) is 3.07. The lowest BCUT2D eigenvalue weighted by Gasteiger charge is -2.33. The lowest BCUT2D eigenvalue weighted by Crippen LogP contribution is -2.54. The first-order valence-corrected chi connectivity index (χ1v) is 13.5. The minimum absolute atomic E-state index is 0.131. The molecule has 35 heavy (non-hydrogen) atoms. The molecule has 1 N–H and O–H groups in total. The van der Waals surface area contributed by atoms with Crippen LogP contribution in [0.25, 0.3) is 0 Å². The van der Waals surface area contributed by atoms with Crippen molar-refractivity contribution in [3.05, 3.63) is 66.2 Å². The lowest BCUT2D eigenvalue weighted by molar-refractivity contribution is -0.139. The Hall–Kier alpha value is -2.91. The average molecular weight is 501 g/mol. The zero-order chi connectivity index (χ0) is 25.4. The molecule has 0 heterocycles. The van der Waals surface area contributed by atoms with Crippen LogP contribution in [0, 0.1) is 0 Å². The van der Waals surface area contributed by atoms with E-state index in [2.05, 4.69) is 5.32 Å². The van der Waals surface area contributed by atoms with Crippen molar-refractivity contribution in [2.45, 2.75) is 51.1 Å².